The summed E-state index contributed by atoms with van der Waals surface area (Å²) in [4.78, 5) is 21.5. The fourth-order valence-electron chi connectivity index (χ4n) is 2.32. The Labute approximate surface area is 138 Å². The summed E-state index contributed by atoms with van der Waals surface area (Å²) in [6, 6.07) is 7.90. The number of amides is 1. The highest BCUT2D eigenvalue weighted by atomic mass is 32.2. The third-order valence-corrected chi connectivity index (χ3v) is 4.52. The second-order valence-corrected chi connectivity index (χ2v) is 6.36. The number of hydrogen-bond acceptors (Lipinski definition) is 5. The lowest BCUT2D eigenvalue weighted by Gasteiger charge is -2.15. The first-order valence-corrected chi connectivity index (χ1v) is 8.65. The van der Waals surface area contributed by atoms with E-state index in [-0.39, 0.29) is 5.91 Å². The third-order valence-electron chi connectivity index (χ3n) is 3.70. The van der Waals surface area contributed by atoms with E-state index in [0.29, 0.717) is 16.6 Å². The lowest BCUT2D eigenvalue weighted by atomic mass is 10.2. The van der Waals surface area contributed by atoms with Gasteiger partial charge in [-0.2, -0.15) is 0 Å². The number of unbranched alkanes of at least 4 members (excludes halogenated alkanes) is 1. The molecule has 6 nitrogen and oxygen atoms in total. The lowest BCUT2D eigenvalue weighted by molar-refractivity contribution is -0.127. The molecule has 120 valence electrons. The minimum absolute atomic E-state index is 0.0868. The first kappa shape index (κ1) is 15.7. The van der Waals surface area contributed by atoms with Crippen molar-refractivity contribution < 1.29 is 4.79 Å². The maximum absolute atomic E-state index is 12.0. The van der Waals surface area contributed by atoms with Crippen LogP contribution in [0.1, 0.15) is 19.8 Å². The van der Waals surface area contributed by atoms with Gasteiger partial charge >= 0.3 is 0 Å². The molecule has 1 aromatic carbocycles. The lowest BCUT2D eigenvalue weighted by Crippen LogP contribution is -2.29. The summed E-state index contributed by atoms with van der Waals surface area (Å²) in [5, 5.41) is 9.91. The Bertz CT molecular complexity index is 832. The van der Waals surface area contributed by atoms with Gasteiger partial charge in [0.15, 0.2) is 5.65 Å². The average Bonchev–Trinajstić information content (AvgIpc) is 2.95. The molecule has 1 N–H and O–H groups in total. The van der Waals surface area contributed by atoms with Crippen LogP contribution in [0, 0.1) is 0 Å². The van der Waals surface area contributed by atoms with E-state index in [4.69, 9.17) is 0 Å². The number of aromatic nitrogens is 4. The molecular weight excluding hydrogens is 310 g/mol. The topological polar surface area (TPSA) is 74.8 Å². The molecule has 0 saturated heterocycles. The molecule has 0 unspecified atom stereocenters. The van der Waals surface area contributed by atoms with Gasteiger partial charge in [0.05, 0.1) is 5.75 Å². The van der Waals surface area contributed by atoms with Crippen molar-refractivity contribution in [3.05, 3.63) is 24.3 Å². The van der Waals surface area contributed by atoms with Crippen molar-refractivity contribution in [3.63, 3.8) is 0 Å². The fourth-order valence-corrected chi connectivity index (χ4v) is 3.05. The number of fused-ring (bicyclic) bond motifs is 3. The second-order valence-electron chi connectivity index (χ2n) is 5.42. The molecule has 0 spiro atoms. The molecule has 3 rings (SSSR count). The predicted octanol–water partition coefficient (Wildman–Crippen LogP) is 2.86. The number of thioether (sulfide) groups is 1. The van der Waals surface area contributed by atoms with Gasteiger partial charge in [0.2, 0.25) is 11.1 Å². The first-order chi connectivity index (χ1) is 11.2. The Kier molecular flexibility index (Phi) is 4.76. The van der Waals surface area contributed by atoms with E-state index in [0.717, 1.165) is 35.8 Å². The molecule has 0 bridgehead atoms. The van der Waals surface area contributed by atoms with E-state index in [1.54, 1.807) is 4.90 Å². The van der Waals surface area contributed by atoms with Crippen LogP contribution >= 0.6 is 11.8 Å². The van der Waals surface area contributed by atoms with Gasteiger partial charge in [-0.05, 0) is 12.5 Å². The molecule has 23 heavy (non-hydrogen) atoms. The van der Waals surface area contributed by atoms with Crippen LogP contribution in [0.25, 0.3) is 22.1 Å². The zero-order chi connectivity index (χ0) is 16.2. The Morgan fingerprint density at radius 2 is 2.13 bits per heavy atom. The molecule has 0 atom stereocenters. The van der Waals surface area contributed by atoms with E-state index < -0.39 is 0 Å². The van der Waals surface area contributed by atoms with E-state index in [2.05, 4.69) is 27.1 Å². The number of nitrogens with one attached hydrogen (secondary N) is 1. The molecule has 0 radical (unpaired) electrons. The standard InChI is InChI=1S/C16H19N5OS/c1-3-4-9-21(2)13(22)10-23-16-18-15-14(19-20-16)11-7-5-6-8-12(11)17-15/h5-8H,3-4,9-10H2,1-2H3,(H,17,18,20). The normalized spacial score (nSPS) is 11.2. The summed E-state index contributed by atoms with van der Waals surface area (Å²) in [6.45, 7) is 2.90. The smallest absolute Gasteiger partial charge is 0.232 e. The second kappa shape index (κ2) is 6.95. The first-order valence-electron chi connectivity index (χ1n) is 7.67. The van der Waals surface area contributed by atoms with E-state index in [9.17, 15) is 4.79 Å². The van der Waals surface area contributed by atoms with Gasteiger partial charge in [-0.3, -0.25) is 4.79 Å². The van der Waals surface area contributed by atoms with Gasteiger partial charge in [0, 0.05) is 24.5 Å². The van der Waals surface area contributed by atoms with Crippen molar-refractivity contribution in [1.82, 2.24) is 25.1 Å². The molecule has 2 heterocycles. The number of rotatable bonds is 6. The van der Waals surface area contributed by atoms with Crippen LogP contribution in [0.3, 0.4) is 0 Å². The number of benzene rings is 1. The van der Waals surface area contributed by atoms with Crippen molar-refractivity contribution in [2.75, 3.05) is 19.3 Å². The minimum Gasteiger partial charge on any atom is -0.345 e. The molecule has 0 aliphatic rings. The maximum atomic E-state index is 12.0. The number of carbonyl (C=O) groups is 1. The van der Waals surface area contributed by atoms with Gasteiger partial charge in [0.1, 0.15) is 5.52 Å². The van der Waals surface area contributed by atoms with Crippen LogP contribution in [0.2, 0.25) is 0 Å². The summed E-state index contributed by atoms with van der Waals surface area (Å²) in [5.74, 6) is 0.414. The maximum Gasteiger partial charge on any atom is 0.232 e. The zero-order valence-corrected chi connectivity index (χ0v) is 14.1. The largest absolute Gasteiger partial charge is 0.345 e. The number of H-pyrrole nitrogens is 1. The molecule has 1 amide bonds. The monoisotopic (exact) mass is 329 g/mol. The molecule has 0 aliphatic carbocycles. The van der Waals surface area contributed by atoms with Crippen LogP contribution in [0.5, 0.6) is 0 Å². The van der Waals surface area contributed by atoms with Gasteiger partial charge < -0.3 is 9.88 Å². The molecule has 2 aromatic heterocycles. The van der Waals surface area contributed by atoms with Gasteiger partial charge in [-0.1, -0.05) is 43.3 Å². The highest BCUT2D eigenvalue weighted by molar-refractivity contribution is 7.99. The Hall–Kier alpha value is -2.15. The van der Waals surface area contributed by atoms with E-state index in [1.807, 2.05) is 31.3 Å². The number of para-hydroxylation sites is 1. The van der Waals surface area contributed by atoms with E-state index >= 15 is 0 Å². The van der Waals surface area contributed by atoms with Crippen LogP contribution in [-0.4, -0.2) is 50.3 Å². The summed E-state index contributed by atoms with van der Waals surface area (Å²) in [6.07, 6.45) is 2.10. The molecule has 7 heteroatoms. The quantitative estimate of drug-likeness (QED) is 0.704. The Balaban J connectivity index is 1.71. The van der Waals surface area contributed by atoms with Gasteiger partial charge in [-0.25, -0.2) is 4.98 Å². The minimum atomic E-state index is 0.0868. The summed E-state index contributed by atoms with van der Waals surface area (Å²) < 4.78 is 0. The van der Waals surface area contributed by atoms with Crippen LogP contribution in [0.4, 0.5) is 0 Å². The molecule has 3 aromatic rings. The van der Waals surface area contributed by atoms with Crippen LogP contribution < -0.4 is 0 Å². The summed E-state index contributed by atoms with van der Waals surface area (Å²) in [5.41, 5.74) is 2.45. The predicted molar refractivity (Wildman–Crippen MR) is 92.5 cm³/mol. The summed E-state index contributed by atoms with van der Waals surface area (Å²) in [7, 11) is 1.83. The fraction of sp³-hybridized carbons (Fsp3) is 0.375. The Morgan fingerprint density at radius 3 is 2.96 bits per heavy atom. The van der Waals surface area contributed by atoms with Crippen molar-refractivity contribution in [2.45, 2.75) is 24.9 Å². The van der Waals surface area contributed by atoms with Gasteiger partial charge in [0.25, 0.3) is 0 Å². The Morgan fingerprint density at radius 1 is 1.30 bits per heavy atom. The van der Waals surface area contributed by atoms with Crippen LogP contribution in [-0.2, 0) is 4.79 Å². The highest BCUT2D eigenvalue weighted by Gasteiger charge is 2.12. The molecule has 0 saturated carbocycles. The number of hydrogen-bond donors (Lipinski definition) is 1. The third kappa shape index (κ3) is 3.44. The van der Waals surface area contributed by atoms with Gasteiger partial charge in [-0.15, -0.1) is 10.2 Å². The number of carbonyl (C=O) groups excluding carboxylic acids is 1. The molecular formula is C16H19N5OS. The van der Waals surface area contributed by atoms with E-state index in [1.165, 1.54) is 11.8 Å². The zero-order valence-electron chi connectivity index (χ0n) is 13.2. The average molecular weight is 329 g/mol. The summed E-state index contributed by atoms with van der Waals surface area (Å²) >= 11 is 1.32. The van der Waals surface area contributed by atoms with Crippen molar-refractivity contribution >= 4 is 39.7 Å². The van der Waals surface area contributed by atoms with Crippen molar-refractivity contribution in [2.24, 2.45) is 0 Å². The van der Waals surface area contributed by atoms with Crippen molar-refractivity contribution in [3.8, 4) is 0 Å². The van der Waals surface area contributed by atoms with Crippen molar-refractivity contribution in [1.29, 1.82) is 0 Å². The highest BCUT2D eigenvalue weighted by Crippen LogP contribution is 2.23. The number of aromatic amines is 1. The van der Waals surface area contributed by atoms with Crippen LogP contribution in [0.15, 0.2) is 29.4 Å². The SMILES string of the molecule is CCCCN(C)C(=O)CSc1nnc2c(n1)[nH]c1ccccc12. The number of nitrogens with zero attached hydrogens (tertiary/aromatic N) is 4. The molecule has 0 fully saturated rings. The molecule has 0 aliphatic heterocycles.